The molecule has 0 N–H and O–H groups in total. The van der Waals surface area contributed by atoms with Gasteiger partial charge in [0.1, 0.15) is 11.4 Å². The molecule has 0 spiro atoms. The minimum Gasteiger partial charge on any atom is -0.287 e. The molecule has 0 fully saturated rings. The molecular weight excluding hydrogens is 280 g/mol. The predicted octanol–water partition coefficient (Wildman–Crippen LogP) is 1.50. The van der Waals surface area contributed by atoms with Gasteiger partial charge in [-0.25, -0.2) is 4.68 Å². The third kappa shape index (κ3) is 1.77. The summed E-state index contributed by atoms with van der Waals surface area (Å²) in [7, 11) is 0. The summed E-state index contributed by atoms with van der Waals surface area (Å²) in [6.07, 6.45) is 1.50. The molecule has 6 heteroatoms. The summed E-state index contributed by atoms with van der Waals surface area (Å²) >= 11 is 0. The maximum absolute atomic E-state index is 12.6. The van der Waals surface area contributed by atoms with E-state index in [1.165, 1.54) is 10.9 Å². The van der Waals surface area contributed by atoms with Crippen molar-refractivity contribution in [3.63, 3.8) is 0 Å². The Morgan fingerprint density at radius 2 is 1.73 bits per heavy atom. The van der Waals surface area contributed by atoms with Crippen LogP contribution in [0.15, 0.2) is 48.7 Å². The molecule has 106 valence electrons. The molecule has 1 aliphatic rings. The van der Waals surface area contributed by atoms with Gasteiger partial charge in [0.05, 0.1) is 12.1 Å². The van der Waals surface area contributed by atoms with Crippen molar-refractivity contribution < 1.29 is 9.59 Å². The number of hydrogen-bond donors (Lipinski definition) is 0. The monoisotopic (exact) mass is 290 g/mol. The van der Waals surface area contributed by atoms with Gasteiger partial charge in [-0.3, -0.25) is 14.6 Å². The fourth-order valence-electron chi connectivity index (χ4n) is 2.57. The summed E-state index contributed by atoms with van der Waals surface area (Å²) in [4.78, 5) is 29.1. The normalized spacial score (nSPS) is 12.9. The lowest BCUT2D eigenvalue weighted by Crippen LogP contribution is -2.24. The Morgan fingerprint density at radius 3 is 2.55 bits per heavy atom. The largest absolute Gasteiger partial charge is 0.287 e. The summed E-state index contributed by atoms with van der Waals surface area (Å²) in [5, 5.41) is 7.87. The van der Waals surface area contributed by atoms with Gasteiger partial charge in [-0.05, 0) is 17.7 Å². The van der Waals surface area contributed by atoms with E-state index in [4.69, 9.17) is 0 Å². The summed E-state index contributed by atoms with van der Waals surface area (Å²) < 4.78 is 1.46. The highest BCUT2D eigenvalue weighted by atomic mass is 16.1. The molecule has 2 heterocycles. The Balaban J connectivity index is 1.82. The van der Waals surface area contributed by atoms with Gasteiger partial charge >= 0.3 is 0 Å². The first-order chi connectivity index (χ1) is 10.8. The molecule has 22 heavy (non-hydrogen) atoms. The van der Waals surface area contributed by atoms with Crippen molar-refractivity contribution in [2.45, 2.75) is 6.54 Å². The molecule has 1 aromatic carbocycles. The summed E-state index contributed by atoms with van der Waals surface area (Å²) in [6, 6.07) is 12.8. The maximum Gasteiger partial charge on any atom is 0.232 e. The van der Waals surface area contributed by atoms with Gasteiger partial charge in [0, 0.05) is 6.20 Å². The van der Waals surface area contributed by atoms with E-state index in [-0.39, 0.29) is 34.2 Å². The average Bonchev–Trinajstić information content (AvgIpc) is 2.98. The molecule has 4 rings (SSSR count). The minimum atomic E-state index is -0.314. The molecule has 1 aliphatic carbocycles. The molecule has 0 radical (unpaired) electrons. The van der Waals surface area contributed by atoms with Crippen molar-refractivity contribution in [1.29, 1.82) is 0 Å². The van der Waals surface area contributed by atoms with Crippen LogP contribution in [0.4, 0.5) is 0 Å². The molecule has 3 aromatic rings. The minimum absolute atomic E-state index is 0.0985. The van der Waals surface area contributed by atoms with Crippen LogP contribution in [0, 0.1) is 0 Å². The summed E-state index contributed by atoms with van der Waals surface area (Å²) in [5.74, 6) is -0.622. The molecule has 0 atom stereocenters. The van der Waals surface area contributed by atoms with Crippen LogP contribution in [0.3, 0.4) is 0 Å². The van der Waals surface area contributed by atoms with Gasteiger partial charge in [-0.2, -0.15) is 0 Å². The van der Waals surface area contributed by atoms with Crippen LogP contribution in [-0.2, 0) is 6.54 Å². The zero-order chi connectivity index (χ0) is 15.1. The number of aromatic nitrogens is 4. The van der Waals surface area contributed by atoms with Crippen molar-refractivity contribution in [3.8, 4) is 0 Å². The van der Waals surface area contributed by atoms with Crippen molar-refractivity contribution in [3.05, 3.63) is 76.9 Å². The van der Waals surface area contributed by atoms with E-state index in [0.717, 1.165) is 5.56 Å². The van der Waals surface area contributed by atoms with Crippen molar-refractivity contribution in [2.24, 2.45) is 0 Å². The number of ketones is 2. The van der Waals surface area contributed by atoms with E-state index in [9.17, 15) is 9.59 Å². The SMILES string of the molecule is O=C1c2cccnc2C(=O)c2c1nnn2Cc1ccccc1. The third-order valence-corrected chi connectivity index (χ3v) is 3.61. The van der Waals surface area contributed by atoms with Gasteiger partial charge in [0.2, 0.25) is 11.6 Å². The topological polar surface area (TPSA) is 77.7 Å². The van der Waals surface area contributed by atoms with Crippen molar-refractivity contribution in [2.75, 3.05) is 0 Å². The second-order valence-electron chi connectivity index (χ2n) is 4.99. The summed E-state index contributed by atoms with van der Waals surface area (Å²) in [6.45, 7) is 0.379. The second kappa shape index (κ2) is 4.70. The number of carbonyl (C=O) groups is 2. The number of hydrogen-bond acceptors (Lipinski definition) is 5. The number of fused-ring (bicyclic) bond motifs is 2. The number of rotatable bonds is 2. The van der Waals surface area contributed by atoms with Crippen LogP contribution >= 0.6 is 0 Å². The first-order valence-electron chi connectivity index (χ1n) is 6.77. The molecule has 0 amide bonds. The highest BCUT2D eigenvalue weighted by Crippen LogP contribution is 2.24. The number of benzene rings is 1. The Bertz CT molecular complexity index is 900. The van der Waals surface area contributed by atoms with E-state index in [2.05, 4.69) is 15.3 Å². The standard InChI is InChI=1S/C16H10N4O2/c21-15-11-7-4-8-17-12(11)16(22)14-13(15)18-19-20(14)9-10-5-2-1-3-6-10/h1-8H,9H2. The zero-order valence-electron chi connectivity index (χ0n) is 11.4. The molecule has 0 saturated heterocycles. The molecule has 0 aliphatic heterocycles. The van der Waals surface area contributed by atoms with Crippen molar-refractivity contribution >= 4 is 11.6 Å². The highest BCUT2D eigenvalue weighted by molar-refractivity contribution is 6.26. The maximum atomic E-state index is 12.6. The quantitative estimate of drug-likeness (QED) is 0.559. The lowest BCUT2D eigenvalue weighted by molar-refractivity contribution is 0.0967. The van der Waals surface area contributed by atoms with E-state index >= 15 is 0 Å². The molecule has 2 aromatic heterocycles. The summed E-state index contributed by atoms with van der Waals surface area (Å²) in [5.41, 5.74) is 1.73. The second-order valence-corrected chi connectivity index (χ2v) is 4.99. The van der Waals surface area contributed by atoms with Gasteiger partial charge in [0.25, 0.3) is 0 Å². The smallest absolute Gasteiger partial charge is 0.232 e. The van der Waals surface area contributed by atoms with Crippen LogP contribution in [0.25, 0.3) is 0 Å². The van der Waals surface area contributed by atoms with Crippen LogP contribution in [0.5, 0.6) is 0 Å². The lowest BCUT2D eigenvalue weighted by atomic mass is 9.94. The Morgan fingerprint density at radius 1 is 0.909 bits per heavy atom. The van der Waals surface area contributed by atoms with Gasteiger partial charge in [-0.15, -0.1) is 5.10 Å². The first kappa shape index (κ1) is 12.6. The van der Waals surface area contributed by atoms with Gasteiger partial charge in [-0.1, -0.05) is 35.5 Å². The molecule has 0 unspecified atom stereocenters. The van der Waals surface area contributed by atoms with E-state index < -0.39 is 0 Å². The Hall–Kier alpha value is -3.15. The van der Waals surface area contributed by atoms with Crippen LogP contribution in [-0.4, -0.2) is 31.5 Å². The van der Waals surface area contributed by atoms with E-state index in [0.29, 0.717) is 6.54 Å². The Kier molecular flexibility index (Phi) is 2.69. The molecule has 6 nitrogen and oxygen atoms in total. The van der Waals surface area contributed by atoms with E-state index in [1.807, 2.05) is 30.3 Å². The van der Waals surface area contributed by atoms with Crippen LogP contribution in [0.1, 0.15) is 37.8 Å². The third-order valence-electron chi connectivity index (χ3n) is 3.61. The first-order valence-corrected chi connectivity index (χ1v) is 6.77. The zero-order valence-corrected chi connectivity index (χ0v) is 11.4. The predicted molar refractivity (Wildman–Crippen MR) is 76.7 cm³/mol. The fourth-order valence-corrected chi connectivity index (χ4v) is 2.57. The number of carbonyl (C=O) groups excluding carboxylic acids is 2. The number of nitrogens with zero attached hydrogens (tertiary/aromatic N) is 4. The molecular formula is C16H10N4O2. The molecule has 0 saturated carbocycles. The number of pyridine rings is 1. The Labute approximate surface area is 125 Å². The van der Waals surface area contributed by atoms with Crippen LogP contribution < -0.4 is 0 Å². The van der Waals surface area contributed by atoms with Crippen molar-refractivity contribution in [1.82, 2.24) is 20.0 Å². The highest BCUT2D eigenvalue weighted by Gasteiger charge is 2.35. The average molecular weight is 290 g/mol. The van der Waals surface area contributed by atoms with Crippen LogP contribution in [0.2, 0.25) is 0 Å². The molecule has 0 bridgehead atoms. The lowest BCUT2D eigenvalue weighted by Gasteiger charge is -2.13. The van der Waals surface area contributed by atoms with Gasteiger partial charge in [0.15, 0.2) is 5.69 Å². The van der Waals surface area contributed by atoms with E-state index in [1.54, 1.807) is 12.1 Å². The fraction of sp³-hybridized carbons (Fsp3) is 0.0625. The van der Waals surface area contributed by atoms with Gasteiger partial charge < -0.3 is 0 Å².